The van der Waals surface area contributed by atoms with E-state index in [9.17, 15) is 9.59 Å². The highest BCUT2D eigenvalue weighted by molar-refractivity contribution is 6.04. The third kappa shape index (κ3) is 5.07. The van der Waals surface area contributed by atoms with Gasteiger partial charge in [0.15, 0.2) is 0 Å². The molecule has 0 spiro atoms. The summed E-state index contributed by atoms with van der Waals surface area (Å²) >= 11 is 0. The van der Waals surface area contributed by atoms with Crippen molar-refractivity contribution in [2.45, 2.75) is 6.92 Å². The molecule has 0 atom stereocenters. The summed E-state index contributed by atoms with van der Waals surface area (Å²) in [7, 11) is 1.55. The molecule has 3 aromatic rings. The van der Waals surface area contributed by atoms with Gasteiger partial charge in [-0.05, 0) is 48.5 Å². The number of amides is 2. The molecule has 142 valence electrons. The van der Waals surface area contributed by atoms with Gasteiger partial charge in [-0.25, -0.2) is 4.98 Å². The fourth-order valence-corrected chi connectivity index (χ4v) is 2.54. The zero-order valence-electron chi connectivity index (χ0n) is 15.5. The molecule has 3 rings (SSSR count). The maximum atomic E-state index is 12.3. The van der Waals surface area contributed by atoms with Crippen LogP contribution in [0.1, 0.15) is 17.3 Å². The number of hydrogen-bond acceptors (Lipinski definition) is 5. The van der Waals surface area contributed by atoms with Crippen LogP contribution in [0, 0.1) is 0 Å². The molecule has 0 unspecified atom stereocenters. The van der Waals surface area contributed by atoms with Gasteiger partial charge in [0.1, 0.15) is 11.6 Å². The van der Waals surface area contributed by atoms with Crippen LogP contribution in [0.25, 0.3) is 0 Å². The van der Waals surface area contributed by atoms with E-state index in [1.807, 2.05) is 18.2 Å². The molecule has 0 aliphatic heterocycles. The topological polar surface area (TPSA) is 92.4 Å². The lowest BCUT2D eigenvalue weighted by molar-refractivity contribution is -0.114. The molecule has 0 saturated heterocycles. The third-order valence-electron chi connectivity index (χ3n) is 3.81. The minimum atomic E-state index is -0.246. The number of nitrogens with zero attached hydrogens (tertiary/aromatic N) is 1. The number of pyridine rings is 1. The highest BCUT2D eigenvalue weighted by atomic mass is 16.5. The minimum absolute atomic E-state index is 0.133. The summed E-state index contributed by atoms with van der Waals surface area (Å²) in [5, 5.41) is 8.68. The molecule has 28 heavy (non-hydrogen) atoms. The lowest BCUT2D eigenvalue weighted by Crippen LogP contribution is -2.12. The first-order valence-corrected chi connectivity index (χ1v) is 8.59. The first-order valence-electron chi connectivity index (χ1n) is 8.59. The van der Waals surface area contributed by atoms with Gasteiger partial charge in [0.2, 0.25) is 5.91 Å². The molecular weight excluding hydrogens is 356 g/mol. The zero-order chi connectivity index (χ0) is 19.9. The van der Waals surface area contributed by atoms with Gasteiger partial charge in [-0.2, -0.15) is 0 Å². The SMILES string of the molecule is COc1cccc(C(=O)Nc2ccc(Nc3cccc(NC(C)=O)c3)nc2)c1. The highest BCUT2D eigenvalue weighted by Crippen LogP contribution is 2.20. The van der Waals surface area contributed by atoms with Gasteiger partial charge < -0.3 is 20.7 Å². The Morgan fingerprint density at radius 2 is 1.68 bits per heavy atom. The highest BCUT2D eigenvalue weighted by Gasteiger charge is 2.08. The number of nitrogens with one attached hydrogen (secondary N) is 3. The maximum absolute atomic E-state index is 12.3. The van der Waals surface area contributed by atoms with E-state index < -0.39 is 0 Å². The van der Waals surface area contributed by atoms with E-state index in [1.54, 1.807) is 55.8 Å². The second-order valence-corrected chi connectivity index (χ2v) is 6.01. The van der Waals surface area contributed by atoms with Crippen LogP contribution in [0.4, 0.5) is 22.9 Å². The van der Waals surface area contributed by atoms with E-state index in [0.717, 1.165) is 5.69 Å². The Morgan fingerprint density at radius 3 is 2.39 bits per heavy atom. The number of carbonyl (C=O) groups excluding carboxylic acids is 2. The molecular formula is C21H20N4O3. The van der Waals surface area contributed by atoms with Gasteiger partial charge in [-0.3, -0.25) is 9.59 Å². The Labute approximate surface area is 162 Å². The molecule has 2 aromatic carbocycles. The summed E-state index contributed by atoms with van der Waals surface area (Å²) in [6.07, 6.45) is 1.57. The average molecular weight is 376 g/mol. The van der Waals surface area contributed by atoms with Crippen LogP contribution < -0.4 is 20.7 Å². The van der Waals surface area contributed by atoms with Crippen LogP contribution in [-0.2, 0) is 4.79 Å². The van der Waals surface area contributed by atoms with Gasteiger partial charge >= 0.3 is 0 Å². The largest absolute Gasteiger partial charge is 0.497 e. The van der Waals surface area contributed by atoms with Crippen LogP contribution >= 0.6 is 0 Å². The van der Waals surface area contributed by atoms with Crippen LogP contribution in [0.2, 0.25) is 0 Å². The Hall–Kier alpha value is -3.87. The molecule has 3 N–H and O–H groups in total. The number of aromatic nitrogens is 1. The first kappa shape index (κ1) is 18.9. The van der Waals surface area contributed by atoms with Crippen molar-refractivity contribution < 1.29 is 14.3 Å². The summed E-state index contributed by atoms with van der Waals surface area (Å²) in [6, 6.07) is 17.7. The molecule has 0 bridgehead atoms. The molecule has 0 radical (unpaired) electrons. The van der Waals surface area contributed by atoms with Gasteiger partial charge in [0.05, 0.1) is 19.0 Å². The van der Waals surface area contributed by atoms with Crippen LogP contribution in [-0.4, -0.2) is 23.9 Å². The van der Waals surface area contributed by atoms with Crippen molar-refractivity contribution >= 4 is 34.7 Å². The second kappa shape index (κ2) is 8.68. The predicted molar refractivity (Wildman–Crippen MR) is 109 cm³/mol. The lowest BCUT2D eigenvalue weighted by Gasteiger charge is -2.10. The summed E-state index contributed by atoms with van der Waals surface area (Å²) < 4.78 is 5.13. The zero-order valence-corrected chi connectivity index (χ0v) is 15.5. The van der Waals surface area contributed by atoms with Gasteiger partial charge in [0.25, 0.3) is 5.91 Å². The first-order chi connectivity index (χ1) is 13.5. The molecule has 0 saturated carbocycles. The van der Waals surface area contributed by atoms with Crippen molar-refractivity contribution in [3.8, 4) is 5.75 Å². The molecule has 0 fully saturated rings. The van der Waals surface area contributed by atoms with E-state index >= 15 is 0 Å². The Balaban J connectivity index is 1.65. The van der Waals surface area contributed by atoms with Crippen LogP contribution in [0.5, 0.6) is 5.75 Å². The van der Waals surface area contributed by atoms with Crippen molar-refractivity contribution in [2.24, 2.45) is 0 Å². The average Bonchev–Trinajstić information content (AvgIpc) is 2.69. The Morgan fingerprint density at radius 1 is 0.893 bits per heavy atom. The Kier molecular flexibility index (Phi) is 5.86. The van der Waals surface area contributed by atoms with Crippen molar-refractivity contribution in [3.63, 3.8) is 0 Å². The molecule has 1 heterocycles. The van der Waals surface area contributed by atoms with Crippen molar-refractivity contribution in [2.75, 3.05) is 23.1 Å². The molecule has 1 aromatic heterocycles. The molecule has 7 nitrogen and oxygen atoms in total. The van der Waals surface area contributed by atoms with Gasteiger partial charge in [-0.1, -0.05) is 12.1 Å². The second-order valence-electron chi connectivity index (χ2n) is 6.01. The summed E-state index contributed by atoms with van der Waals surface area (Å²) in [5.41, 5.74) is 2.55. The standard InChI is InChI=1S/C21H20N4O3/c1-14(26)23-16-6-4-7-17(12-16)24-20-10-9-18(13-22-20)25-21(27)15-5-3-8-19(11-15)28-2/h3-13H,1-2H3,(H,22,24)(H,23,26)(H,25,27). The number of benzene rings is 2. The number of ether oxygens (including phenoxy) is 1. The van der Waals surface area contributed by atoms with E-state index in [-0.39, 0.29) is 11.8 Å². The van der Waals surface area contributed by atoms with Crippen molar-refractivity contribution in [1.82, 2.24) is 4.98 Å². The van der Waals surface area contributed by atoms with Crippen molar-refractivity contribution in [1.29, 1.82) is 0 Å². The Bertz CT molecular complexity index is 987. The van der Waals surface area contributed by atoms with E-state index in [2.05, 4.69) is 20.9 Å². The third-order valence-corrected chi connectivity index (χ3v) is 3.81. The number of carbonyl (C=O) groups is 2. The molecule has 2 amide bonds. The van der Waals surface area contributed by atoms with E-state index in [4.69, 9.17) is 4.74 Å². The van der Waals surface area contributed by atoms with E-state index in [1.165, 1.54) is 6.92 Å². The quantitative estimate of drug-likeness (QED) is 0.604. The van der Waals surface area contributed by atoms with Crippen LogP contribution in [0.3, 0.4) is 0 Å². The summed E-state index contributed by atoms with van der Waals surface area (Å²) in [6.45, 7) is 1.46. The van der Waals surface area contributed by atoms with Gasteiger partial charge in [0, 0.05) is 23.9 Å². The fourth-order valence-electron chi connectivity index (χ4n) is 2.54. The lowest BCUT2D eigenvalue weighted by atomic mass is 10.2. The summed E-state index contributed by atoms with van der Waals surface area (Å²) in [4.78, 5) is 27.8. The van der Waals surface area contributed by atoms with E-state index in [0.29, 0.717) is 28.5 Å². The van der Waals surface area contributed by atoms with Gasteiger partial charge in [-0.15, -0.1) is 0 Å². The number of hydrogen-bond donors (Lipinski definition) is 3. The van der Waals surface area contributed by atoms with Crippen LogP contribution in [0.15, 0.2) is 66.9 Å². The fraction of sp³-hybridized carbons (Fsp3) is 0.0952. The predicted octanol–water partition coefficient (Wildman–Crippen LogP) is 4.04. The summed E-state index contributed by atoms with van der Waals surface area (Å²) in [5.74, 6) is 0.849. The number of anilines is 4. The van der Waals surface area contributed by atoms with Crippen molar-refractivity contribution in [3.05, 3.63) is 72.4 Å². The number of rotatable bonds is 6. The molecule has 7 heteroatoms. The number of methoxy groups -OCH3 is 1. The minimum Gasteiger partial charge on any atom is -0.497 e. The molecule has 0 aliphatic rings. The smallest absolute Gasteiger partial charge is 0.255 e. The molecule has 0 aliphatic carbocycles. The normalized spacial score (nSPS) is 10.1. The maximum Gasteiger partial charge on any atom is 0.255 e. The monoisotopic (exact) mass is 376 g/mol.